The molecule has 0 radical (unpaired) electrons. The molecule has 4 aliphatic carbocycles. The second-order valence-corrected chi connectivity index (χ2v) is 13.5. The van der Waals surface area contributed by atoms with Gasteiger partial charge in [-0.25, -0.2) is 0 Å². The minimum Gasteiger partial charge on any atom is -0.462 e. The molecule has 4 aliphatic rings. The van der Waals surface area contributed by atoms with Gasteiger partial charge in [0.1, 0.15) is 6.10 Å². The highest BCUT2D eigenvalue weighted by atomic mass is 16.5. The standard InChI is InChI=1S/C31H52O3/c1-21(2)8-6-9-22(3)26-13-14-27-25-12-11-23-20-24(34-29(33)10-7-19-32)15-17-30(23,4)28(25)16-18-31(26,27)5/h11,21-22,24-28,32H,6-10,12-20H2,1-5H3/t22-,24+,25+,26-,27+,28+,30+,31-/m1/s1. The van der Waals surface area contributed by atoms with Crippen LogP contribution in [0.2, 0.25) is 0 Å². The number of allylic oxidation sites excluding steroid dienone is 1. The second kappa shape index (κ2) is 10.7. The van der Waals surface area contributed by atoms with Crippen molar-refractivity contribution in [3.63, 3.8) is 0 Å². The van der Waals surface area contributed by atoms with Crippen LogP contribution in [0.15, 0.2) is 11.6 Å². The molecule has 0 aromatic carbocycles. The molecule has 8 atom stereocenters. The first kappa shape index (κ1) is 26.2. The maximum absolute atomic E-state index is 12.1. The Labute approximate surface area is 209 Å². The molecule has 0 aromatic rings. The SMILES string of the molecule is CC(C)CCC[C@@H](C)[C@H]1CC[C@H]2[C@@H]3CC=C4C[C@@H](OC(=O)CCCO)CC[C@]4(C)[C@H]3CC[C@]12C. The first-order valence-electron chi connectivity index (χ1n) is 14.7. The quantitative estimate of drug-likeness (QED) is 0.276. The Bertz CT molecular complexity index is 741. The molecule has 0 heterocycles. The van der Waals surface area contributed by atoms with Crippen molar-refractivity contribution in [1.82, 2.24) is 0 Å². The molecule has 0 saturated heterocycles. The summed E-state index contributed by atoms with van der Waals surface area (Å²) >= 11 is 0. The van der Waals surface area contributed by atoms with Gasteiger partial charge in [-0.2, -0.15) is 0 Å². The Hall–Kier alpha value is -0.830. The highest BCUT2D eigenvalue weighted by Gasteiger charge is 2.59. The molecule has 1 N–H and O–H groups in total. The van der Waals surface area contributed by atoms with Crippen LogP contribution in [0.25, 0.3) is 0 Å². The fraction of sp³-hybridized carbons (Fsp3) is 0.903. The first-order valence-corrected chi connectivity index (χ1v) is 14.7. The molecule has 3 fully saturated rings. The van der Waals surface area contributed by atoms with E-state index in [2.05, 4.69) is 40.7 Å². The van der Waals surface area contributed by atoms with Crippen LogP contribution in [0, 0.1) is 46.3 Å². The van der Waals surface area contributed by atoms with E-state index < -0.39 is 0 Å². The summed E-state index contributed by atoms with van der Waals surface area (Å²) in [6.07, 6.45) is 17.7. The van der Waals surface area contributed by atoms with Gasteiger partial charge in [-0.05, 0) is 97.7 Å². The van der Waals surface area contributed by atoms with Gasteiger partial charge in [0.2, 0.25) is 0 Å². The molecule has 0 aromatic heterocycles. The van der Waals surface area contributed by atoms with Crippen molar-refractivity contribution >= 4 is 5.97 Å². The predicted octanol–water partition coefficient (Wildman–Crippen LogP) is 7.71. The van der Waals surface area contributed by atoms with E-state index in [4.69, 9.17) is 9.84 Å². The molecule has 0 spiro atoms. The number of hydrogen-bond donors (Lipinski definition) is 1. The predicted molar refractivity (Wildman–Crippen MR) is 139 cm³/mol. The number of rotatable bonds is 9. The Kier molecular flexibility index (Phi) is 8.22. The lowest BCUT2D eigenvalue weighted by atomic mass is 9.47. The molecule has 0 unspecified atom stereocenters. The maximum Gasteiger partial charge on any atom is 0.306 e. The van der Waals surface area contributed by atoms with Gasteiger partial charge in [-0.1, -0.05) is 65.5 Å². The minimum absolute atomic E-state index is 0.0403. The van der Waals surface area contributed by atoms with Gasteiger partial charge in [0.05, 0.1) is 0 Å². The van der Waals surface area contributed by atoms with Gasteiger partial charge < -0.3 is 9.84 Å². The average Bonchev–Trinajstić information content (AvgIpc) is 3.15. The van der Waals surface area contributed by atoms with Gasteiger partial charge in [0, 0.05) is 19.4 Å². The number of aliphatic hydroxyl groups excluding tert-OH is 1. The van der Waals surface area contributed by atoms with E-state index in [1.54, 1.807) is 5.57 Å². The zero-order chi connectivity index (χ0) is 24.5. The largest absolute Gasteiger partial charge is 0.462 e. The average molecular weight is 473 g/mol. The first-order chi connectivity index (χ1) is 16.2. The van der Waals surface area contributed by atoms with Crippen LogP contribution < -0.4 is 0 Å². The molecular formula is C31H52O3. The van der Waals surface area contributed by atoms with Crippen LogP contribution >= 0.6 is 0 Å². The topological polar surface area (TPSA) is 46.5 Å². The molecule has 3 nitrogen and oxygen atoms in total. The number of carbonyl (C=O) groups excluding carboxylic acids is 1. The fourth-order valence-corrected chi connectivity index (χ4v) is 9.22. The van der Waals surface area contributed by atoms with Crippen molar-refractivity contribution in [1.29, 1.82) is 0 Å². The maximum atomic E-state index is 12.1. The van der Waals surface area contributed by atoms with Crippen molar-refractivity contribution in [3.8, 4) is 0 Å². The summed E-state index contributed by atoms with van der Waals surface area (Å²) in [6, 6.07) is 0. The smallest absolute Gasteiger partial charge is 0.306 e. The highest BCUT2D eigenvalue weighted by Crippen LogP contribution is 2.67. The lowest BCUT2D eigenvalue weighted by Crippen LogP contribution is -2.51. The molecule has 34 heavy (non-hydrogen) atoms. The third-order valence-corrected chi connectivity index (χ3v) is 11.1. The Morgan fingerprint density at radius 3 is 2.59 bits per heavy atom. The molecule has 3 heteroatoms. The van der Waals surface area contributed by atoms with E-state index in [9.17, 15) is 4.79 Å². The van der Waals surface area contributed by atoms with Crippen molar-refractivity contribution in [2.24, 2.45) is 46.3 Å². The van der Waals surface area contributed by atoms with Crippen LogP contribution in [0.5, 0.6) is 0 Å². The van der Waals surface area contributed by atoms with Crippen LogP contribution in [-0.2, 0) is 9.53 Å². The van der Waals surface area contributed by atoms with E-state index in [0.717, 1.165) is 54.8 Å². The molecule has 0 amide bonds. The van der Waals surface area contributed by atoms with Gasteiger partial charge in [-0.15, -0.1) is 0 Å². The van der Waals surface area contributed by atoms with Crippen LogP contribution in [0.3, 0.4) is 0 Å². The Morgan fingerprint density at radius 1 is 1.06 bits per heavy atom. The van der Waals surface area contributed by atoms with E-state index >= 15 is 0 Å². The lowest BCUT2D eigenvalue weighted by molar-refractivity contribution is -0.151. The molecular weight excluding hydrogens is 420 g/mol. The lowest BCUT2D eigenvalue weighted by Gasteiger charge is -2.58. The van der Waals surface area contributed by atoms with Crippen LogP contribution in [-0.4, -0.2) is 23.8 Å². The van der Waals surface area contributed by atoms with E-state index in [1.807, 2.05) is 0 Å². The fourth-order valence-electron chi connectivity index (χ4n) is 9.22. The summed E-state index contributed by atoms with van der Waals surface area (Å²) in [6.45, 7) is 12.6. The summed E-state index contributed by atoms with van der Waals surface area (Å²) in [5.41, 5.74) is 2.43. The van der Waals surface area contributed by atoms with Crippen molar-refractivity contribution in [2.75, 3.05) is 6.61 Å². The Balaban J connectivity index is 1.41. The molecule has 3 saturated carbocycles. The zero-order valence-corrected chi connectivity index (χ0v) is 22.8. The Morgan fingerprint density at radius 2 is 1.85 bits per heavy atom. The third kappa shape index (κ3) is 5.02. The monoisotopic (exact) mass is 472 g/mol. The highest BCUT2D eigenvalue weighted by molar-refractivity contribution is 5.69. The van der Waals surface area contributed by atoms with E-state index in [0.29, 0.717) is 23.7 Å². The molecule has 194 valence electrons. The molecule has 4 rings (SSSR count). The number of carbonyl (C=O) groups is 1. The molecule has 0 bridgehead atoms. The summed E-state index contributed by atoms with van der Waals surface area (Å²) in [7, 11) is 0. The van der Waals surface area contributed by atoms with Crippen molar-refractivity contribution in [3.05, 3.63) is 11.6 Å². The summed E-state index contributed by atoms with van der Waals surface area (Å²) in [4.78, 5) is 12.1. The van der Waals surface area contributed by atoms with E-state index in [1.165, 1.54) is 51.4 Å². The normalized spacial score (nSPS) is 40.2. The third-order valence-electron chi connectivity index (χ3n) is 11.1. The number of aliphatic hydroxyl groups is 1. The molecule has 0 aliphatic heterocycles. The minimum atomic E-state index is -0.134. The summed E-state index contributed by atoms with van der Waals surface area (Å²) in [5.74, 6) is 5.04. The van der Waals surface area contributed by atoms with Crippen molar-refractivity contribution < 1.29 is 14.6 Å². The van der Waals surface area contributed by atoms with E-state index in [-0.39, 0.29) is 18.7 Å². The van der Waals surface area contributed by atoms with Crippen LogP contribution in [0.1, 0.15) is 118 Å². The number of hydrogen-bond acceptors (Lipinski definition) is 3. The van der Waals surface area contributed by atoms with Crippen molar-refractivity contribution in [2.45, 2.75) is 124 Å². The zero-order valence-electron chi connectivity index (χ0n) is 22.8. The van der Waals surface area contributed by atoms with Gasteiger partial charge >= 0.3 is 5.97 Å². The van der Waals surface area contributed by atoms with Gasteiger partial charge in [0.25, 0.3) is 0 Å². The number of ether oxygens (including phenoxy) is 1. The number of fused-ring (bicyclic) bond motifs is 5. The second-order valence-electron chi connectivity index (χ2n) is 13.5. The van der Waals surface area contributed by atoms with Gasteiger partial charge in [0.15, 0.2) is 0 Å². The summed E-state index contributed by atoms with van der Waals surface area (Å²) in [5, 5.41) is 8.99. The summed E-state index contributed by atoms with van der Waals surface area (Å²) < 4.78 is 5.81. The van der Waals surface area contributed by atoms with Crippen LogP contribution in [0.4, 0.5) is 0 Å². The van der Waals surface area contributed by atoms with Gasteiger partial charge in [-0.3, -0.25) is 4.79 Å². The number of esters is 1.